The molecular weight excluding hydrogens is 441 g/mol. The number of hydrogen-bond acceptors (Lipinski definition) is 6. The number of anilines is 1. The predicted molar refractivity (Wildman–Crippen MR) is 104 cm³/mol. The van der Waals surface area contributed by atoms with Crippen LogP contribution in [0, 0.1) is 11.8 Å². The number of thiazole rings is 1. The maximum absolute atomic E-state index is 12.6. The number of alkyl halides is 3. The monoisotopic (exact) mass is 454 g/mol. The number of nitrogens with zero attached hydrogens (tertiary/aromatic N) is 1. The molecule has 11 heteroatoms. The molecule has 0 radical (unpaired) electrons. The molecule has 0 amide bonds. The van der Waals surface area contributed by atoms with E-state index in [1.165, 1.54) is 36.4 Å². The number of sulfonamides is 1. The molecule has 0 bridgehead atoms. The van der Waals surface area contributed by atoms with Crippen molar-refractivity contribution in [1.29, 1.82) is 0 Å². The van der Waals surface area contributed by atoms with E-state index >= 15 is 0 Å². The lowest BCUT2D eigenvalue weighted by atomic mass is 10.2. The normalized spacial score (nSPS) is 12.2. The summed E-state index contributed by atoms with van der Waals surface area (Å²) in [6.07, 6.45) is -4.29. The Kier molecular flexibility index (Phi) is 5.87. The number of halogens is 3. The first kappa shape index (κ1) is 21.8. The third kappa shape index (κ3) is 4.80. The van der Waals surface area contributed by atoms with Crippen LogP contribution in [0.25, 0.3) is 0 Å². The van der Waals surface area contributed by atoms with Crippen LogP contribution in [0.15, 0.2) is 65.7 Å². The molecule has 3 aromatic rings. The zero-order valence-corrected chi connectivity index (χ0v) is 16.5. The Morgan fingerprint density at radius 1 is 0.967 bits per heavy atom. The van der Waals surface area contributed by atoms with Gasteiger partial charge in [-0.2, -0.15) is 13.2 Å². The van der Waals surface area contributed by atoms with E-state index in [4.69, 9.17) is 0 Å². The zero-order chi connectivity index (χ0) is 22.0. The van der Waals surface area contributed by atoms with Gasteiger partial charge in [0.25, 0.3) is 10.0 Å². The highest BCUT2D eigenvalue weighted by atomic mass is 32.2. The largest absolute Gasteiger partial charge is 0.450 e. The minimum atomic E-state index is -5.29. The van der Waals surface area contributed by atoms with Gasteiger partial charge in [0.1, 0.15) is 0 Å². The number of nitrogens with one attached hydrogen (secondary N) is 1. The van der Waals surface area contributed by atoms with E-state index in [2.05, 4.69) is 21.5 Å². The second-order valence-electron chi connectivity index (χ2n) is 5.95. The molecule has 0 aliphatic heterocycles. The molecule has 1 aromatic heterocycles. The Labute approximate surface area is 173 Å². The highest BCUT2D eigenvalue weighted by Gasteiger charge is 2.56. The number of aliphatic hydroxyl groups is 2. The third-order valence-corrected chi connectivity index (χ3v) is 6.13. The van der Waals surface area contributed by atoms with Crippen LogP contribution >= 0.6 is 11.3 Å². The molecule has 156 valence electrons. The second kappa shape index (κ2) is 8.08. The average molecular weight is 454 g/mol. The average Bonchev–Trinajstić information content (AvgIpc) is 3.17. The van der Waals surface area contributed by atoms with Gasteiger partial charge in [0.15, 0.2) is 5.01 Å². The van der Waals surface area contributed by atoms with Crippen LogP contribution in [0.2, 0.25) is 0 Å². The van der Waals surface area contributed by atoms with Gasteiger partial charge >= 0.3 is 12.0 Å². The Balaban J connectivity index is 1.73. The van der Waals surface area contributed by atoms with Crippen molar-refractivity contribution in [3.8, 4) is 11.8 Å². The number of hydrogen-bond donors (Lipinski definition) is 3. The van der Waals surface area contributed by atoms with E-state index in [1.807, 2.05) is 0 Å². The van der Waals surface area contributed by atoms with Gasteiger partial charge in [0, 0.05) is 11.3 Å². The molecule has 0 saturated carbocycles. The minimum Gasteiger partial charge on any atom is -0.353 e. The van der Waals surface area contributed by atoms with Crippen molar-refractivity contribution < 1.29 is 31.8 Å². The molecule has 2 aromatic carbocycles. The summed E-state index contributed by atoms with van der Waals surface area (Å²) in [6, 6.07) is 13.8. The summed E-state index contributed by atoms with van der Waals surface area (Å²) in [7, 11) is -3.74. The van der Waals surface area contributed by atoms with Gasteiger partial charge in [0.05, 0.1) is 16.0 Å². The minimum absolute atomic E-state index is 0.0931. The fourth-order valence-electron chi connectivity index (χ4n) is 2.18. The Hall–Kier alpha value is -2.91. The summed E-state index contributed by atoms with van der Waals surface area (Å²) >= 11 is 0.398. The van der Waals surface area contributed by atoms with Gasteiger partial charge in [-0.1, -0.05) is 24.1 Å². The van der Waals surface area contributed by atoms with Gasteiger partial charge in [-0.05, 0) is 42.3 Å². The lowest BCUT2D eigenvalue weighted by Gasteiger charge is -2.21. The third-order valence-electron chi connectivity index (χ3n) is 3.72. The van der Waals surface area contributed by atoms with Gasteiger partial charge in [-0.3, -0.25) is 4.72 Å². The van der Waals surface area contributed by atoms with Crippen LogP contribution in [0.4, 0.5) is 18.9 Å². The van der Waals surface area contributed by atoms with Crippen LogP contribution in [0.5, 0.6) is 0 Å². The van der Waals surface area contributed by atoms with Gasteiger partial charge in [-0.15, -0.1) is 11.3 Å². The fraction of sp³-hybridized carbons (Fsp3) is 0.105. The van der Waals surface area contributed by atoms with Crippen LogP contribution in [-0.2, 0) is 15.8 Å². The maximum atomic E-state index is 12.6. The highest BCUT2D eigenvalue weighted by Crippen LogP contribution is 2.38. The van der Waals surface area contributed by atoms with Crippen molar-refractivity contribution in [1.82, 2.24) is 4.98 Å². The molecule has 0 spiro atoms. The lowest BCUT2D eigenvalue weighted by molar-refractivity contribution is -0.358. The Morgan fingerprint density at radius 2 is 1.60 bits per heavy atom. The van der Waals surface area contributed by atoms with Gasteiger partial charge in [-0.25, -0.2) is 13.4 Å². The molecule has 3 N–H and O–H groups in total. The highest BCUT2D eigenvalue weighted by molar-refractivity contribution is 7.92. The molecule has 1 heterocycles. The summed E-state index contributed by atoms with van der Waals surface area (Å²) in [5.74, 6) is 1.21. The van der Waals surface area contributed by atoms with E-state index in [9.17, 15) is 31.8 Å². The van der Waals surface area contributed by atoms with E-state index < -0.39 is 27.0 Å². The molecule has 0 saturated heterocycles. The van der Waals surface area contributed by atoms with Crippen LogP contribution in [0.3, 0.4) is 0 Å². The van der Waals surface area contributed by atoms with Gasteiger partial charge in [0.2, 0.25) is 0 Å². The molecule has 0 aliphatic rings. The first-order chi connectivity index (χ1) is 14.0. The van der Waals surface area contributed by atoms with Crippen molar-refractivity contribution in [2.24, 2.45) is 0 Å². The maximum Gasteiger partial charge on any atom is 0.450 e. The molecule has 3 rings (SSSR count). The molecule has 0 atom stereocenters. The van der Waals surface area contributed by atoms with E-state index in [1.54, 1.807) is 18.2 Å². The summed E-state index contributed by atoms with van der Waals surface area (Å²) in [5.41, 5.74) is 0.766. The standard InChI is InChI=1S/C19H13F3N2O4S2/c20-19(21,22)18(25,26)17-23-12-15(29-17)11-8-13-6-9-14(10-7-13)24-30(27,28)16-4-2-1-3-5-16/h1-7,9-10,12,24-26H. The summed E-state index contributed by atoms with van der Waals surface area (Å²) in [6.45, 7) is 0. The zero-order valence-electron chi connectivity index (χ0n) is 14.9. The van der Waals surface area contributed by atoms with Crippen LogP contribution in [-0.4, -0.2) is 29.8 Å². The first-order valence-corrected chi connectivity index (χ1v) is 10.5. The molecule has 0 fully saturated rings. The van der Waals surface area contributed by atoms with E-state index in [-0.39, 0.29) is 9.77 Å². The number of rotatable bonds is 4. The topological polar surface area (TPSA) is 99.5 Å². The Bertz CT molecular complexity index is 1190. The van der Waals surface area contributed by atoms with Gasteiger partial charge < -0.3 is 10.2 Å². The SMILES string of the molecule is O=S(=O)(Nc1ccc(C#Cc2cnc(C(O)(O)C(F)(F)F)s2)cc1)c1ccccc1. The Morgan fingerprint density at radius 3 is 2.20 bits per heavy atom. The van der Waals surface area contributed by atoms with E-state index in [0.717, 1.165) is 6.20 Å². The molecule has 30 heavy (non-hydrogen) atoms. The number of aromatic nitrogens is 1. The smallest absolute Gasteiger partial charge is 0.353 e. The lowest BCUT2D eigenvalue weighted by Crippen LogP contribution is -2.41. The van der Waals surface area contributed by atoms with Crippen molar-refractivity contribution in [3.63, 3.8) is 0 Å². The molecule has 0 unspecified atom stereocenters. The van der Waals surface area contributed by atoms with Crippen molar-refractivity contribution >= 4 is 27.0 Å². The predicted octanol–water partition coefficient (Wildman–Crippen LogP) is 3.04. The number of benzene rings is 2. The quantitative estimate of drug-likeness (QED) is 0.416. The summed E-state index contributed by atoms with van der Waals surface area (Å²) in [5, 5.41) is 17.5. The second-order valence-corrected chi connectivity index (χ2v) is 8.66. The molecule has 6 nitrogen and oxygen atoms in total. The summed E-state index contributed by atoms with van der Waals surface area (Å²) < 4.78 is 64.9. The molecule has 0 aliphatic carbocycles. The van der Waals surface area contributed by atoms with E-state index in [0.29, 0.717) is 22.6 Å². The first-order valence-electron chi connectivity index (χ1n) is 8.17. The van der Waals surface area contributed by atoms with Crippen LogP contribution < -0.4 is 4.72 Å². The van der Waals surface area contributed by atoms with Crippen molar-refractivity contribution in [3.05, 3.63) is 76.2 Å². The summed E-state index contributed by atoms with van der Waals surface area (Å²) in [4.78, 5) is 3.57. The fourth-order valence-corrected chi connectivity index (χ4v) is 4.04. The van der Waals surface area contributed by atoms with Crippen molar-refractivity contribution in [2.45, 2.75) is 16.9 Å². The van der Waals surface area contributed by atoms with Crippen LogP contribution in [0.1, 0.15) is 15.4 Å². The van der Waals surface area contributed by atoms with Crippen molar-refractivity contribution in [2.75, 3.05) is 4.72 Å². The molecular formula is C19H13F3N2O4S2.